The number of hydrogen-bond acceptors (Lipinski definition) is 4. The van der Waals surface area contributed by atoms with Crippen molar-refractivity contribution in [1.82, 2.24) is 4.98 Å². The molecule has 0 saturated heterocycles. The van der Waals surface area contributed by atoms with Gasteiger partial charge in [0.25, 0.3) is 0 Å². The molecule has 0 radical (unpaired) electrons. The summed E-state index contributed by atoms with van der Waals surface area (Å²) in [6, 6.07) is 9.00. The highest BCUT2D eigenvalue weighted by molar-refractivity contribution is 6.32. The summed E-state index contributed by atoms with van der Waals surface area (Å²) >= 11 is 6.17. The molecule has 2 rings (SSSR count). The Balaban J connectivity index is 2.07. The van der Waals surface area contributed by atoms with Crippen LogP contribution < -0.4 is 15.2 Å². The van der Waals surface area contributed by atoms with E-state index < -0.39 is 0 Å². The lowest BCUT2D eigenvalue weighted by molar-refractivity contribution is 0.339. The van der Waals surface area contributed by atoms with Crippen molar-refractivity contribution in [2.75, 3.05) is 6.61 Å². The fraction of sp³-hybridized carbons (Fsp3) is 0.235. The Morgan fingerprint density at radius 1 is 1.32 bits per heavy atom. The molecule has 0 aliphatic carbocycles. The van der Waals surface area contributed by atoms with Gasteiger partial charge in [0.2, 0.25) is 5.88 Å². The highest BCUT2D eigenvalue weighted by Crippen LogP contribution is 2.31. The average molecular weight is 319 g/mol. The second kappa shape index (κ2) is 7.82. The van der Waals surface area contributed by atoms with Crippen LogP contribution in [0, 0.1) is 0 Å². The maximum atomic E-state index is 6.17. The fourth-order valence-electron chi connectivity index (χ4n) is 1.75. The molecule has 0 amide bonds. The van der Waals surface area contributed by atoms with Crippen LogP contribution in [0.4, 0.5) is 0 Å². The smallest absolute Gasteiger partial charge is 0.219 e. The van der Waals surface area contributed by atoms with Gasteiger partial charge in [-0.15, -0.1) is 0 Å². The van der Waals surface area contributed by atoms with Crippen LogP contribution in [0.5, 0.6) is 17.4 Å². The monoisotopic (exact) mass is 318 g/mol. The molecule has 2 N–H and O–H groups in total. The van der Waals surface area contributed by atoms with Crippen molar-refractivity contribution in [3.8, 4) is 17.4 Å². The zero-order chi connectivity index (χ0) is 15.9. The zero-order valence-electron chi connectivity index (χ0n) is 12.6. The Bertz CT molecular complexity index is 640. The summed E-state index contributed by atoms with van der Waals surface area (Å²) in [6.45, 7) is 4.42. The average Bonchev–Trinajstić information content (AvgIpc) is 2.49. The van der Waals surface area contributed by atoms with Crippen LogP contribution >= 0.6 is 11.6 Å². The summed E-state index contributed by atoms with van der Waals surface area (Å²) < 4.78 is 11.1. The first-order chi connectivity index (χ1) is 10.6. The molecule has 116 valence electrons. The maximum Gasteiger partial charge on any atom is 0.219 e. The second-order valence-corrected chi connectivity index (χ2v) is 5.18. The van der Waals surface area contributed by atoms with Crippen LogP contribution in [-0.4, -0.2) is 17.6 Å². The maximum absolute atomic E-state index is 6.17. The number of nitrogens with two attached hydrogens (primary N) is 1. The molecule has 0 fully saturated rings. The minimum absolute atomic E-state index is 0.0126. The molecule has 22 heavy (non-hydrogen) atoms. The van der Waals surface area contributed by atoms with Gasteiger partial charge in [0.1, 0.15) is 11.5 Å². The normalized spacial score (nSPS) is 12.4. The topological polar surface area (TPSA) is 57.4 Å². The van der Waals surface area contributed by atoms with Crippen molar-refractivity contribution in [1.29, 1.82) is 0 Å². The summed E-state index contributed by atoms with van der Waals surface area (Å²) in [4.78, 5) is 4.25. The molecule has 2 aromatic rings. The van der Waals surface area contributed by atoms with Crippen LogP contribution in [0.1, 0.15) is 19.4 Å². The number of pyridine rings is 1. The van der Waals surface area contributed by atoms with Crippen LogP contribution in [0.15, 0.2) is 42.6 Å². The Labute approximate surface area is 135 Å². The molecule has 0 unspecified atom stereocenters. The van der Waals surface area contributed by atoms with Crippen molar-refractivity contribution < 1.29 is 9.47 Å². The van der Waals surface area contributed by atoms with Crippen molar-refractivity contribution in [2.24, 2.45) is 5.73 Å². The van der Waals surface area contributed by atoms with E-state index in [-0.39, 0.29) is 6.04 Å². The van der Waals surface area contributed by atoms with Crippen molar-refractivity contribution in [3.05, 3.63) is 53.2 Å². The molecule has 0 spiro atoms. The van der Waals surface area contributed by atoms with E-state index in [1.54, 1.807) is 24.4 Å². The van der Waals surface area contributed by atoms with E-state index in [9.17, 15) is 0 Å². The van der Waals surface area contributed by atoms with Crippen LogP contribution in [-0.2, 0) is 0 Å². The van der Waals surface area contributed by atoms with E-state index >= 15 is 0 Å². The Kier molecular flexibility index (Phi) is 5.81. The summed E-state index contributed by atoms with van der Waals surface area (Å²) in [6.07, 6.45) is 5.54. The van der Waals surface area contributed by atoms with E-state index in [1.807, 2.05) is 38.1 Å². The molecule has 0 saturated carbocycles. The molecule has 1 heterocycles. The van der Waals surface area contributed by atoms with Crippen molar-refractivity contribution in [3.63, 3.8) is 0 Å². The third-order valence-corrected chi connectivity index (χ3v) is 3.08. The van der Waals surface area contributed by atoms with E-state index in [4.69, 9.17) is 26.8 Å². The Morgan fingerprint density at radius 2 is 2.14 bits per heavy atom. The highest BCUT2D eigenvalue weighted by Gasteiger charge is 2.06. The first-order valence-corrected chi connectivity index (χ1v) is 7.46. The predicted octanol–water partition coefficient (Wildman–Crippen LogP) is 4.29. The van der Waals surface area contributed by atoms with Gasteiger partial charge in [-0.3, -0.25) is 0 Å². The lowest BCUT2D eigenvalue weighted by Gasteiger charge is -2.09. The standard InChI is InChI=1S/C17H19ClN2O2/c1-3-21-14-7-8-16(15(18)10-14)22-17-9-6-13(11-20-17)5-4-12(2)19/h4-12H,3,19H2,1-2H3/t12-/m0/s1. The summed E-state index contributed by atoms with van der Waals surface area (Å²) in [5.74, 6) is 1.73. The van der Waals surface area contributed by atoms with Gasteiger partial charge < -0.3 is 15.2 Å². The largest absolute Gasteiger partial charge is 0.494 e. The van der Waals surface area contributed by atoms with Gasteiger partial charge in [-0.1, -0.05) is 23.8 Å². The van der Waals surface area contributed by atoms with Gasteiger partial charge in [-0.2, -0.15) is 0 Å². The number of ether oxygens (including phenoxy) is 2. The van der Waals surface area contributed by atoms with Gasteiger partial charge in [0.05, 0.1) is 11.6 Å². The third-order valence-electron chi connectivity index (χ3n) is 2.78. The molecule has 5 heteroatoms. The van der Waals surface area contributed by atoms with Crippen molar-refractivity contribution >= 4 is 17.7 Å². The summed E-state index contributed by atoms with van der Waals surface area (Å²) in [5, 5.41) is 0.480. The molecule has 0 aliphatic rings. The number of nitrogens with zero attached hydrogens (tertiary/aromatic N) is 1. The molecule has 1 aromatic carbocycles. The first-order valence-electron chi connectivity index (χ1n) is 7.08. The van der Waals surface area contributed by atoms with Gasteiger partial charge >= 0.3 is 0 Å². The van der Waals surface area contributed by atoms with Gasteiger partial charge in [0, 0.05) is 24.4 Å². The SMILES string of the molecule is CCOc1ccc(Oc2ccc(C=C[C@H](C)N)cn2)c(Cl)c1. The lowest BCUT2D eigenvalue weighted by atomic mass is 10.2. The minimum Gasteiger partial charge on any atom is -0.494 e. The van der Waals surface area contributed by atoms with Gasteiger partial charge in [-0.25, -0.2) is 4.98 Å². The van der Waals surface area contributed by atoms with E-state index in [2.05, 4.69) is 4.98 Å². The molecule has 1 aromatic heterocycles. The fourth-order valence-corrected chi connectivity index (χ4v) is 1.96. The van der Waals surface area contributed by atoms with Crippen LogP contribution in [0.25, 0.3) is 6.08 Å². The molecule has 0 bridgehead atoms. The number of halogens is 1. The minimum atomic E-state index is 0.0126. The zero-order valence-corrected chi connectivity index (χ0v) is 13.4. The molecule has 0 aliphatic heterocycles. The number of aromatic nitrogens is 1. The highest BCUT2D eigenvalue weighted by atomic mass is 35.5. The first kappa shape index (κ1) is 16.3. The second-order valence-electron chi connectivity index (χ2n) is 4.78. The number of rotatable bonds is 6. The Hall–Kier alpha value is -2.04. The van der Waals surface area contributed by atoms with Gasteiger partial charge in [-0.05, 0) is 37.6 Å². The van der Waals surface area contributed by atoms with E-state index in [0.29, 0.717) is 29.0 Å². The Morgan fingerprint density at radius 3 is 2.73 bits per heavy atom. The third kappa shape index (κ3) is 4.76. The van der Waals surface area contributed by atoms with Crippen molar-refractivity contribution in [2.45, 2.75) is 19.9 Å². The lowest BCUT2D eigenvalue weighted by Crippen LogP contribution is -2.09. The molecule has 1 atom stereocenters. The van der Waals surface area contributed by atoms with Crippen LogP contribution in [0.2, 0.25) is 5.02 Å². The van der Waals surface area contributed by atoms with E-state index in [0.717, 1.165) is 5.56 Å². The van der Waals surface area contributed by atoms with E-state index in [1.165, 1.54) is 0 Å². The predicted molar refractivity (Wildman–Crippen MR) is 89.6 cm³/mol. The summed E-state index contributed by atoms with van der Waals surface area (Å²) in [5.41, 5.74) is 6.63. The molecular formula is C17H19ClN2O2. The van der Waals surface area contributed by atoms with Crippen LogP contribution in [0.3, 0.4) is 0 Å². The number of benzene rings is 1. The molecular weight excluding hydrogens is 300 g/mol. The quantitative estimate of drug-likeness (QED) is 0.863. The molecule has 4 nitrogen and oxygen atoms in total. The number of hydrogen-bond donors (Lipinski definition) is 1. The summed E-state index contributed by atoms with van der Waals surface area (Å²) in [7, 11) is 0. The van der Waals surface area contributed by atoms with Gasteiger partial charge in [0.15, 0.2) is 0 Å².